The van der Waals surface area contributed by atoms with Crippen LogP contribution >= 0.6 is 11.6 Å². The number of benzene rings is 2. The predicted octanol–water partition coefficient (Wildman–Crippen LogP) is 2.90. The van der Waals surface area contributed by atoms with E-state index in [0.29, 0.717) is 52.3 Å². The number of nitrogens with one attached hydrogen (secondary N) is 4. The fourth-order valence-electron chi connectivity index (χ4n) is 3.37. The van der Waals surface area contributed by atoms with Gasteiger partial charge >= 0.3 is 0 Å². The number of halogens is 1. The van der Waals surface area contributed by atoms with Gasteiger partial charge in [0.1, 0.15) is 0 Å². The first kappa shape index (κ1) is 22.2. The number of fused-ring (bicyclic) bond motifs is 3. The molecule has 0 spiro atoms. The Balaban J connectivity index is 1.48. The molecule has 3 aromatic rings. The lowest BCUT2D eigenvalue weighted by atomic mass is 10.1. The lowest BCUT2D eigenvalue weighted by Gasteiger charge is -2.11. The molecule has 2 aromatic carbocycles. The van der Waals surface area contributed by atoms with E-state index >= 15 is 0 Å². The highest BCUT2D eigenvalue weighted by Gasteiger charge is 2.21. The van der Waals surface area contributed by atoms with Crippen LogP contribution in [0.15, 0.2) is 48.7 Å². The van der Waals surface area contributed by atoms with Crippen LogP contribution in [0, 0.1) is 0 Å². The molecule has 1 aromatic heterocycles. The lowest BCUT2D eigenvalue weighted by Crippen LogP contribution is -2.33. The summed E-state index contributed by atoms with van der Waals surface area (Å²) >= 11 is 6.08. The molecule has 1 aliphatic rings. The Labute approximate surface area is 195 Å². The molecule has 0 radical (unpaired) electrons. The second kappa shape index (κ2) is 9.66. The number of hydrogen-bond donors (Lipinski definition) is 4. The number of nitrogens with zero attached hydrogens (tertiary/aromatic N) is 2. The molecule has 10 heteroatoms. The van der Waals surface area contributed by atoms with Gasteiger partial charge in [0.25, 0.3) is 5.91 Å². The minimum atomic E-state index is -0.236. The monoisotopic (exact) mass is 464 g/mol. The molecule has 9 nitrogen and oxygen atoms in total. The third-order valence-corrected chi connectivity index (χ3v) is 5.15. The van der Waals surface area contributed by atoms with E-state index in [9.17, 15) is 14.4 Å². The molecule has 0 saturated carbocycles. The number of hydrogen-bond acceptors (Lipinski definition) is 6. The molecule has 4 rings (SSSR count). The van der Waals surface area contributed by atoms with Crippen molar-refractivity contribution >= 4 is 46.6 Å². The second-order valence-corrected chi connectivity index (χ2v) is 7.86. The number of carbonyl (C=O) groups is 3. The van der Waals surface area contributed by atoms with Crippen LogP contribution in [0.5, 0.6) is 0 Å². The normalized spacial score (nSPS) is 12.0. The molecule has 0 bridgehead atoms. The van der Waals surface area contributed by atoms with Crippen molar-refractivity contribution in [3.05, 3.63) is 64.8 Å². The summed E-state index contributed by atoms with van der Waals surface area (Å²) in [5.74, 6) is -0.181. The average molecular weight is 465 g/mol. The molecule has 4 N–H and O–H groups in total. The van der Waals surface area contributed by atoms with E-state index in [1.165, 1.54) is 6.92 Å². The smallest absolute Gasteiger partial charge is 0.251 e. The fourth-order valence-corrected chi connectivity index (χ4v) is 3.55. The first-order chi connectivity index (χ1) is 15.9. The third-order valence-electron chi connectivity index (χ3n) is 4.91. The quantitative estimate of drug-likeness (QED) is 0.416. The molecule has 2 heterocycles. The largest absolute Gasteiger partial charge is 0.355 e. The first-order valence-corrected chi connectivity index (χ1v) is 10.6. The fraction of sp³-hybridized carbons (Fsp3) is 0.174. The molecule has 0 unspecified atom stereocenters. The molecule has 0 fully saturated rings. The summed E-state index contributed by atoms with van der Waals surface area (Å²) in [4.78, 5) is 44.3. The van der Waals surface area contributed by atoms with Crippen LogP contribution in [-0.2, 0) is 16.0 Å². The van der Waals surface area contributed by atoms with Crippen LogP contribution < -0.4 is 21.3 Å². The topological polar surface area (TPSA) is 125 Å². The summed E-state index contributed by atoms with van der Waals surface area (Å²) in [6, 6.07) is 12.1. The number of anilines is 3. The molecule has 3 amide bonds. The summed E-state index contributed by atoms with van der Waals surface area (Å²) in [5.41, 5.74) is 3.91. The van der Waals surface area contributed by atoms with Crippen LogP contribution in [0.1, 0.15) is 22.8 Å². The second-order valence-electron chi connectivity index (χ2n) is 7.42. The van der Waals surface area contributed by atoms with E-state index in [1.807, 2.05) is 6.07 Å². The molecular formula is C23H21ClN6O3. The molecular weight excluding hydrogens is 444 g/mol. The van der Waals surface area contributed by atoms with E-state index in [0.717, 1.165) is 5.56 Å². The van der Waals surface area contributed by atoms with Gasteiger partial charge in [-0.3, -0.25) is 14.4 Å². The summed E-state index contributed by atoms with van der Waals surface area (Å²) in [5, 5.41) is 11.9. The van der Waals surface area contributed by atoms with Crippen LogP contribution in [0.4, 0.5) is 17.3 Å². The van der Waals surface area contributed by atoms with Gasteiger partial charge in [-0.1, -0.05) is 11.6 Å². The van der Waals surface area contributed by atoms with Gasteiger partial charge < -0.3 is 21.3 Å². The van der Waals surface area contributed by atoms with Crippen molar-refractivity contribution < 1.29 is 14.4 Å². The Morgan fingerprint density at radius 2 is 1.85 bits per heavy atom. The zero-order valence-corrected chi connectivity index (χ0v) is 18.5. The van der Waals surface area contributed by atoms with Crippen molar-refractivity contribution in [3.8, 4) is 11.3 Å². The molecule has 0 aliphatic carbocycles. The zero-order chi connectivity index (χ0) is 23.4. The third kappa shape index (κ3) is 5.45. The van der Waals surface area contributed by atoms with Crippen LogP contribution in [0.25, 0.3) is 11.3 Å². The molecule has 33 heavy (non-hydrogen) atoms. The summed E-state index contributed by atoms with van der Waals surface area (Å²) in [6.07, 6.45) is 1.79. The van der Waals surface area contributed by atoms with E-state index in [-0.39, 0.29) is 24.1 Å². The zero-order valence-electron chi connectivity index (χ0n) is 17.7. The first-order valence-electron chi connectivity index (χ1n) is 10.2. The predicted molar refractivity (Wildman–Crippen MR) is 126 cm³/mol. The number of rotatable bonds is 6. The van der Waals surface area contributed by atoms with Gasteiger partial charge in [0.05, 0.1) is 17.8 Å². The van der Waals surface area contributed by atoms with Crippen molar-refractivity contribution in [1.82, 2.24) is 20.6 Å². The van der Waals surface area contributed by atoms with E-state index in [2.05, 4.69) is 31.2 Å². The maximum atomic E-state index is 12.2. The SMILES string of the molecule is CC(=O)NCCNC(=O)c1ccc(Nc2ncc3c(n2)-c2ccc(Cl)cc2NC(=O)C3)cc1. The molecule has 0 atom stereocenters. The van der Waals surface area contributed by atoms with Crippen molar-refractivity contribution in [2.24, 2.45) is 0 Å². The Morgan fingerprint density at radius 1 is 1.09 bits per heavy atom. The van der Waals surface area contributed by atoms with Crippen LogP contribution in [0.2, 0.25) is 5.02 Å². The van der Waals surface area contributed by atoms with Gasteiger partial charge in [0.15, 0.2) is 0 Å². The Morgan fingerprint density at radius 3 is 2.61 bits per heavy atom. The van der Waals surface area contributed by atoms with Crippen molar-refractivity contribution in [2.45, 2.75) is 13.3 Å². The summed E-state index contributed by atoms with van der Waals surface area (Å²) < 4.78 is 0. The highest BCUT2D eigenvalue weighted by atomic mass is 35.5. The summed E-state index contributed by atoms with van der Waals surface area (Å²) in [7, 11) is 0. The number of carbonyl (C=O) groups excluding carboxylic acids is 3. The minimum absolute atomic E-state index is 0.144. The number of amides is 3. The van der Waals surface area contributed by atoms with Crippen LogP contribution in [0.3, 0.4) is 0 Å². The minimum Gasteiger partial charge on any atom is -0.355 e. The Kier molecular flexibility index (Phi) is 6.50. The van der Waals surface area contributed by atoms with Gasteiger partial charge in [-0.05, 0) is 42.5 Å². The maximum absolute atomic E-state index is 12.2. The van der Waals surface area contributed by atoms with Gasteiger partial charge in [0, 0.05) is 53.6 Å². The van der Waals surface area contributed by atoms with Crippen molar-refractivity contribution in [2.75, 3.05) is 23.7 Å². The van der Waals surface area contributed by atoms with E-state index in [1.54, 1.807) is 42.6 Å². The molecule has 168 valence electrons. The van der Waals surface area contributed by atoms with Gasteiger partial charge in [-0.2, -0.15) is 0 Å². The maximum Gasteiger partial charge on any atom is 0.251 e. The Hall–Kier alpha value is -3.98. The van der Waals surface area contributed by atoms with Gasteiger partial charge in [-0.15, -0.1) is 0 Å². The standard InChI is InChI=1S/C23H21ClN6O3/c1-13(31)25-8-9-26-22(33)14-2-5-17(6-3-14)28-23-27-12-15-10-20(32)29-19-11-16(24)4-7-18(19)21(15)30-23/h2-7,11-12H,8-10H2,1H3,(H,25,31)(H,26,33)(H,29,32)(H,27,28,30). The number of aromatic nitrogens is 2. The highest BCUT2D eigenvalue weighted by Crippen LogP contribution is 2.34. The summed E-state index contributed by atoms with van der Waals surface area (Å²) in [6.45, 7) is 2.13. The molecule has 0 saturated heterocycles. The van der Waals surface area contributed by atoms with Crippen LogP contribution in [-0.4, -0.2) is 40.8 Å². The Bertz CT molecular complexity index is 1230. The van der Waals surface area contributed by atoms with Gasteiger partial charge in [-0.25, -0.2) is 9.97 Å². The average Bonchev–Trinajstić information content (AvgIpc) is 2.91. The lowest BCUT2D eigenvalue weighted by molar-refractivity contribution is -0.119. The van der Waals surface area contributed by atoms with E-state index in [4.69, 9.17) is 11.6 Å². The van der Waals surface area contributed by atoms with E-state index < -0.39 is 0 Å². The van der Waals surface area contributed by atoms with Crippen molar-refractivity contribution in [1.29, 1.82) is 0 Å². The highest BCUT2D eigenvalue weighted by molar-refractivity contribution is 6.31. The molecule has 1 aliphatic heterocycles. The van der Waals surface area contributed by atoms with Gasteiger partial charge in [0.2, 0.25) is 17.8 Å². The van der Waals surface area contributed by atoms with Crippen molar-refractivity contribution in [3.63, 3.8) is 0 Å².